The van der Waals surface area contributed by atoms with E-state index in [1.54, 1.807) is 23.1 Å². The van der Waals surface area contributed by atoms with Gasteiger partial charge in [-0.1, -0.05) is 12.1 Å². The number of fused-ring (bicyclic) bond motifs is 1. The smallest absolute Gasteiger partial charge is 0.369 e. The van der Waals surface area contributed by atoms with Crippen LogP contribution in [-0.4, -0.2) is 55.6 Å². The van der Waals surface area contributed by atoms with Crippen LogP contribution in [-0.2, 0) is 17.4 Å². The number of aromatic nitrogens is 1. The molecule has 1 aromatic heterocycles. The average molecular weight is 511 g/mol. The molecule has 0 saturated carbocycles. The Kier molecular flexibility index (Phi) is 6.68. The maximum Gasteiger partial charge on any atom is 0.418 e. The molecule has 0 bridgehead atoms. The number of benzene rings is 2. The number of rotatable bonds is 5. The van der Waals surface area contributed by atoms with Gasteiger partial charge in [-0.3, -0.25) is 4.79 Å². The number of likely N-dealkylation sites (N-methyl/N-ethyl adjacent to an activating group) is 1. The van der Waals surface area contributed by atoms with E-state index in [0.29, 0.717) is 31.0 Å². The molecule has 2 aliphatic heterocycles. The zero-order valence-corrected chi connectivity index (χ0v) is 20.8. The summed E-state index contributed by atoms with van der Waals surface area (Å²) in [5.74, 6) is 0.239. The highest BCUT2D eigenvalue weighted by molar-refractivity contribution is 5.98. The first-order chi connectivity index (χ1) is 17.7. The van der Waals surface area contributed by atoms with Crippen molar-refractivity contribution in [3.63, 3.8) is 0 Å². The number of hydrogen-bond donors (Lipinski definition) is 2. The van der Waals surface area contributed by atoms with Crippen molar-refractivity contribution >= 4 is 40.2 Å². The van der Waals surface area contributed by atoms with Gasteiger partial charge >= 0.3 is 6.18 Å². The molecule has 2 N–H and O–H groups in total. The van der Waals surface area contributed by atoms with Crippen molar-refractivity contribution in [1.29, 1.82) is 0 Å². The summed E-state index contributed by atoms with van der Waals surface area (Å²) in [5.41, 5.74) is 3.07. The van der Waals surface area contributed by atoms with Gasteiger partial charge in [-0.2, -0.15) is 13.2 Å². The third kappa shape index (κ3) is 5.34. The van der Waals surface area contributed by atoms with Gasteiger partial charge in [-0.25, -0.2) is 4.98 Å². The van der Waals surface area contributed by atoms with Crippen LogP contribution in [0.3, 0.4) is 0 Å². The van der Waals surface area contributed by atoms with E-state index in [1.165, 1.54) is 25.3 Å². The molecule has 194 valence electrons. The second kappa shape index (κ2) is 9.93. The molecule has 0 aliphatic carbocycles. The molecule has 1 saturated heterocycles. The predicted molar refractivity (Wildman–Crippen MR) is 140 cm³/mol. The number of pyridine rings is 1. The van der Waals surface area contributed by atoms with Crippen LogP contribution in [0.2, 0.25) is 0 Å². The highest BCUT2D eigenvalue weighted by atomic mass is 19.4. The first-order valence-corrected chi connectivity index (χ1v) is 12.2. The van der Waals surface area contributed by atoms with Crippen molar-refractivity contribution in [3.05, 3.63) is 65.9 Å². The van der Waals surface area contributed by atoms with Gasteiger partial charge in [0.2, 0.25) is 5.91 Å². The molecule has 10 heteroatoms. The summed E-state index contributed by atoms with van der Waals surface area (Å²) < 4.78 is 42.1. The van der Waals surface area contributed by atoms with Gasteiger partial charge in [0.25, 0.3) is 0 Å². The summed E-state index contributed by atoms with van der Waals surface area (Å²) >= 11 is 0. The van der Waals surface area contributed by atoms with Crippen LogP contribution in [0.15, 0.2) is 54.7 Å². The lowest BCUT2D eigenvalue weighted by Crippen LogP contribution is -2.44. The van der Waals surface area contributed by atoms with Gasteiger partial charge in [0.05, 0.1) is 22.6 Å². The van der Waals surface area contributed by atoms with Gasteiger partial charge in [-0.05, 0) is 49.4 Å². The lowest BCUT2D eigenvalue weighted by molar-refractivity contribution is -0.136. The molecule has 0 radical (unpaired) electrons. The highest BCUT2D eigenvalue weighted by Gasteiger charge is 2.34. The minimum Gasteiger partial charge on any atom is -0.369 e. The number of alkyl halides is 3. The molecule has 3 aromatic rings. The minimum atomic E-state index is -4.53. The van der Waals surface area contributed by atoms with Crippen LogP contribution in [0.25, 0.3) is 0 Å². The van der Waals surface area contributed by atoms with Crippen LogP contribution in [0.1, 0.15) is 18.1 Å². The zero-order valence-electron chi connectivity index (χ0n) is 20.8. The second-order valence-electron chi connectivity index (χ2n) is 9.43. The van der Waals surface area contributed by atoms with E-state index in [4.69, 9.17) is 0 Å². The molecular weight excluding hydrogens is 481 g/mol. The van der Waals surface area contributed by atoms with Crippen molar-refractivity contribution in [2.24, 2.45) is 0 Å². The van der Waals surface area contributed by atoms with E-state index in [-0.39, 0.29) is 17.4 Å². The van der Waals surface area contributed by atoms with E-state index in [1.807, 2.05) is 30.1 Å². The SMILES string of the molecule is CC(=O)N1CCc2cccc(Nc3ccnc(Nc4ccc(N5CCN(C)CC5)cc4C(F)(F)F)c3)c21. The Hall–Kier alpha value is -3.79. The van der Waals surface area contributed by atoms with E-state index < -0.39 is 11.7 Å². The lowest BCUT2D eigenvalue weighted by Gasteiger charge is -2.34. The molecule has 37 heavy (non-hydrogen) atoms. The number of para-hydroxylation sites is 1. The summed E-state index contributed by atoms with van der Waals surface area (Å²) in [4.78, 5) is 22.2. The molecular formula is C27H29F3N6O. The first-order valence-electron chi connectivity index (χ1n) is 12.2. The number of halogens is 3. The molecule has 7 nitrogen and oxygen atoms in total. The summed E-state index contributed by atoms with van der Waals surface area (Å²) in [7, 11) is 2.01. The molecule has 0 unspecified atom stereocenters. The van der Waals surface area contributed by atoms with Gasteiger partial charge in [0.1, 0.15) is 5.82 Å². The number of piperazine rings is 1. The average Bonchev–Trinajstić information content (AvgIpc) is 3.30. The van der Waals surface area contributed by atoms with Gasteiger partial charge in [0.15, 0.2) is 0 Å². The monoisotopic (exact) mass is 510 g/mol. The Labute approximate surface area is 213 Å². The summed E-state index contributed by atoms with van der Waals surface area (Å²) in [6, 6.07) is 13.6. The van der Waals surface area contributed by atoms with Crippen molar-refractivity contribution in [1.82, 2.24) is 9.88 Å². The minimum absolute atomic E-state index is 0.0372. The number of carbonyl (C=O) groups excluding carboxylic acids is 1. The molecule has 0 spiro atoms. The summed E-state index contributed by atoms with van der Waals surface area (Å²) in [6.45, 7) is 5.13. The Morgan fingerprint density at radius 2 is 1.73 bits per heavy atom. The Morgan fingerprint density at radius 1 is 0.946 bits per heavy atom. The number of carbonyl (C=O) groups is 1. The third-order valence-electron chi connectivity index (χ3n) is 6.85. The number of anilines is 6. The largest absolute Gasteiger partial charge is 0.418 e. The summed E-state index contributed by atoms with van der Waals surface area (Å²) in [6.07, 6.45) is -2.22. The van der Waals surface area contributed by atoms with Crippen LogP contribution >= 0.6 is 0 Å². The fourth-order valence-corrected chi connectivity index (χ4v) is 4.88. The summed E-state index contributed by atoms with van der Waals surface area (Å²) in [5, 5.41) is 6.17. The Morgan fingerprint density at radius 3 is 2.46 bits per heavy atom. The molecule has 5 rings (SSSR count). The third-order valence-corrected chi connectivity index (χ3v) is 6.85. The van der Waals surface area contributed by atoms with Gasteiger partial charge in [0, 0.05) is 63.3 Å². The molecule has 3 heterocycles. The van der Waals surface area contributed by atoms with Crippen molar-refractivity contribution in [3.8, 4) is 0 Å². The van der Waals surface area contributed by atoms with Gasteiger partial charge < -0.3 is 25.3 Å². The fraction of sp³-hybridized carbons (Fsp3) is 0.333. The Bertz CT molecular complexity index is 1300. The number of hydrogen-bond acceptors (Lipinski definition) is 6. The number of nitrogens with one attached hydrogen (secondary N) is 2. The van der Waals surface area contributed by atoms with Gasteiger partial charge in [-0.15, -0.1) is 0 Å². The highest BCUT2D eigenvalue weighted by Crippen LogP contribution is 2.40. The number of nitrogens with zero attached hydrogens (tertiary/aromatic N) is 4. The topological polar surface area (TPSA) is 63.7 Å². The molecule has 0 atom stereocenters. The molecule has 2 aromatic carbocycles. The standard InChI is InChI=1S/C27H29F3N6O/c1-18(37)36-11-9-19-4-3-5-24(26(19)36)32-20-8-10-31-25(16-20)33-23-7-6-21(17-22(23)27(28,29)30)35-14-12-34(2)13-15-35/h3-8,10,16-17H,9,11-15H2,1-2H3,(H2,31,32,33). The van der Waals surface area contributed by atoms with Crippen molar-refractivity contribution < 1.29 is 18.0 Å². The Balaban J connectivity index is 1.39. The maximum atomic E-state index is 14.0. The van der Waals surface area contributed by atoms with Crippen LogP contribution < -0.4 is 20.4 Å². The zero-order chi connectivity index (χ0) is 26.2. The maximum absolute atomic E-state index is 14.0. The van der Waals surface area contributed by atoms with E-state index in [0.717, 1.165) is 36.4 Å². The fourth-order valence-electron chi connectivity index (χ4n) is 4.88. The normalized spacial score (nSPS) is 16.0. The van der Waals surface area contributed by atoms with E-state index >= 15 is 0 Å². The molecule has 1 amide bonds. The quantitative estimate of drug-likeness (QED) is 0.489. The van der Waals surface area contributed by atoms with Crippen LogP contribution in [0.4, 0.5) is 47.4 Å². The van der Waals surface area contributed by atoms with Crippen LogP contribution in [0.5, 0.6) is 0 Å². The second-order valence-corrected chi connectivity index (χ2v) is 9.43. The van der Waals surface area contributed by atoms with Crippen LogP contribution in [0, 0.1) is 0 Å². The van der Waals surface area contributed by atoms with E-state index in [9.17, 15) is 18.0 Å². The molecule has 1 fully saturated rings. The first kappa shape index (κ1) is 24.9. The number of amides is 1. The molecule has 2 aliphatic rings. The van der Waals surface area contributed by atoms with Crippen molar-refractivity contribution in [2.45, 2.75) is 19.5 Å². The van der Waals surface area contributed by atoms with Crippen molar-refractivity contribution in [2.75, 3.05) is 60.2 Å². The lowest BCUT2D eigenvalue weighted by atomic mass is 10.1. The van der Waals surface area contributed by atoms with E-state index in [2.05, 4.69) is 20.5 Å². The predicted octanol–water partition coefficient (Wildman–Crippen LogP) is 5.25.